The largest absolute Gasteiger partial charge is 0.328 e. The highest BCUT2D eigenvalue weighted by Crippen LogP contribution is 2.28. The Labute approximate surface area is 168 Å². The van der Waals surface area contributed by atoms with Gasteiger partial charge in [0.1, 0.15) is 17.5 Å². The maximum Gasteiger partial charge on any atom is 0.321 e. The first-order valence-corrected chi connectivity index (χ1v) is 9.58. The van der Waals surface area contributed by atoms with Gasteiger partial charge in [-0.25, -0.2) is 18.6 Å². The Morgan fingerprint density at radius 1 is 1.17 bits per heavy atom. The molecule has 1 aliphatic rings. The number of halogens is 2. The van der Waals surface area contributed by atoms with Gasteiger partial charge in [-0.2, -0.15) is 0 Å². The van der Waals surface area contributed by atoms with E-state index in [1.165, 1.54) is 18.2 Å². The van der Waals surface area contributed by atoms with Gasteiger partial charge in [-0.1, -0.05) is 24.3 Å². The third kappa shape index (κ3) is 4.13. The predicted molar refractivity (Wildman–Crippen MR) is 107 cm³/mol. The van der Waals surface area contributed by atoms with Crippen LogP contribution in [0.5, 0.6) is 0 Å². The minimum Gasteiger partial charge on any atom is -0.328 e. The fourth-order valence-corrected chi connectivity index (χ4v) is 3.70. The molecule has 0 radical (unpaired) electrons. The number of amides is 2. The molecule has 1 aromatic heterocycles. The number of aromatic nitrogens is 2. The molecule has 0 aliphatic carbocycles. The lowest BCUT2D eigenvalue weighted by Gasteiger charge is -2.18. The van der Waals surface area contributed by atoms with Crippen LogP contribution in [0.2, 0.25) is 0 Å². The monoisotopic (exact) mass is 396 g/mol. The molecule has 29 heavy (non-hydrogen) atoms. The third-order valence-electron chi connectivity index (χ3n) is 5.30. The molecule has 2 aromatic carbocycles. The number of hydrogen-bond acceptors (Lipinski definition) is 2. The average molecular weight is 396 g/mol. The van der Waals surface area contributed by atoms with E-state index in [0.717, 1.165) is 23.5 Å². The number of urea groups is 1. The number of rotatable bonds is 4. The summed E-state index contributed by atoms with van der Waals surface area (Å²) >= 11 is 0. The van der Waals surface area contributed by atoms with Crippen molar-refractivity contribution in [3.05, 3.63) is 83.4 Å². The molecule has 3 aromatic rings. The molecule has 4 rings (SSSR count). The van der Waals surface area contributed by atoms with Crippen molar-refractivity contribution >= 4 is 11.7 Å². The number of carbonyl (C=O) groups is 1. The Bertz CT molecular complexity index is 1020. The fourth-order valence-electron chi connectivity index (χ4n) is 3.70. The van der Waals surface area contributed by atoms with Gasteiger partial charge in [-0.3, -0.25) is 0 Å². The summed E-state index contributed by atoms with van der Waals surface area (Å²) in [5.74, 6) is 0.286. The van der Waals surface area contributed by atoms with Gasteiger partial charge >= 0.3 is 6.03 Å². The van der Waals surface area contributed by atoms with Gasteiger partial charge in [-0.15, -0.1) is 0 Å². The van der Waals surface area contributed by atoms with Crippen molar-refractivity contribution in [1.82, 2.24) is 14.5 Å². The standard InChI is InChI=1S/C22H22F2N4O/c1-15-12-25-21(28(15)13-16-6-8-18(23)9-7-16)17-10-11-27(14-17)22(29)26-20-5-3-2-4-19(20)24/h2-9,12,17H,10-11,13-14H2,1H3,(H,26,29). The number of benzene rings is 2. The summed E-state index contributed by atoms with van der Waals surface area (Å²) in [4.78, 5) is 18.8. The smallest absolute Gasteiger partial charge is 0.321 e. The number of para-hydroxylation sites is 1. The van der Waals surface area contributed by atoms with Crippen molar-refractivity contribution in [1.29, 1.82) is 0 Å². The summed E-state index contributed by atoms with van der Waals surface area (Å²) in [6.45, 7) is 3.67. The molecule has 1 fully saturated rings. The molecule has 150 valence electrons. The molecule has 0 bridgehead atoms. The summed E-state index contributed by atoms with van der Waals surface area (Å²) in [7, 11) is 0. The van der Waals surface area contributed by atoms with Gasteiger partial charge in [0, 0.05) is 37.4 Å². The quantitative estimate of drug-likeness (QED) is 0.704. The van der Waals surface area contributed by atoms with Gasteiger partial charge in [-0.05, 0) is 43.2 Å². The van der Waals surface area contributed by atoms with E-state index in [1.54, 1.807) is 35.2 Å². The number of imidazole rings is 1. The van der Waals surface area contributed by atoms with E-state index < -0.39 is 5.82 Å². The number of hydrogen-bond donors (Lipinski definition) is 1. The lowest BCUT2D eigenvalue weighted by atomic mass is 10.1. The second-order valence-electron chi connectivity index (χ2n) is 7.31. The SMILES string of the molecule is Cc1cnc(C2CCN(C(=O)Nc3ccccc3F)C2)n1Cc1ccc(F)cc1. The van der Waals surface area contributed by atoms with Crippen LogP contribution < -0.4 is 5.32 Å². The molecule has 1 unspecified atom stereocenters. The van der Waals surface area contributed by atoms with E-state index in [1.807, 2.05) is 13.1 Å². The zero-order chi connectivity index (χ0) is 20.4. The molecule has 2 amide bonds. The maximum absolute atomic E-state index is 13.8. The Balaban J connectivity index is 1.46. The Kier molecular flexibility index (Phi) is 5.29. The summed E-state index contributed by atoms with van der Waals surface area (Å²) in [5.41, 5.74) is 2.18. The Morgan fingerprint density at radius 2 is 1.93 bits per heavy atom. The van der Waals surface area contributed by atoms with E-state index >= 15 is 0 Å². The predicted octanol–water partition coefficient (Wildman–Crippen LogP) is 4.54. The minimum absolute atomic E-state index is 0.0931. The van der Waals surface area contributed by atoms with Crippen molar-refractivity contribution < 1.29 is 13.6 Å². The number of aryl methyl sites for hydroxylation is 1. The molecular weight excluding hydrogens is 374 g/mol. The van der Waals surface area contributed by atoms with Crippen LogP contribution in [0.4, 0.5) is 19.3 Å². The van der Waals surface area contributed by atoms with Crippen LogP contribution in [0.1, 0.15) is 29.4 Å². The minimum atomic E-state index is -0.456. The molecule has 1 atom stereocenters. The van der Waals surface area contributed by atoms with E-state index in [-0.39, 0.29) is 23.5 Å². The van der Waals surface area contributed by atoms with Gasteiger partial charge in [0.2, 0.25) is 0 Å². The summed E-state index contributed by atoms with van der Waals surface area (Å²) in [6.07, 6.45) is 2.60. The molecule has 7 heteroatoms. The van der Waals surface area contributed by atoms with Crippen LogP contribution in [-0.2, 0) is 6.54 Å². The molecule has 1 N–H and O–H groups in total. The Morgan fingerprint density at radius 3 is 2.69 bits per heavy atom. The number of carbonyl (C=O) groups excluding carboxylic acids is 1. The molecular formula is C22H22F2N4O. The normalized spacial score (nSPS) is 16.2. The molecule has 2 heterocycles. The molecule has 1 aliphatic heterocycles. The van der Waals surface area contributed by atoms with E-state index in [2.05, 4.69) is 14.9 Å². The first-order valence-electron chi connectivity index (χ1n) is 9.58. The number of nitrogens with zero attached hydrogens (tertiary/aromatic N) is 3. The zero-order valence-electron chi connectivity index (χ0n) is 16.1. The lowest BCUT2D eigenvalue weighted by molar-refractivity contribution is 0.221. The number of anilines is 1. The first-order chi connectivity index (χ1) is 14.0. The van der Waals surface area contributed by atoms with Gasteiger partial charge < -0.3 is 14.8 Å². The topological polar surface area (TPSA) is 50.2 Å². The summed E-state index contributed by atoms with van der Waals surface area (Å²) < 4.78 is 29.1. The van der Waals surface area contributed by atoms with E-state index in [9.17, 15) is 13.6 Å². The Hall–Kier alpha value is -3.22. The molecule has 0 saturated carbocycles. The highest BCUT2D eigenvalue weighted by Gasteiger charge is 2.30. The van der Waals surface area contributed by atoms with E-state index in [4.69, 9.17) is 0 Å². The van der Waals surface area contributed by atoms with Gasteiger partial charge in [0.25, 0.3) is 0 Å². The van der Waals surface area contributed by atoms with Crippen molar-refractivity contribution in [2.24, 2.45) is 0 Å². The van der Waals surface area contributed by atoms with Crippen LogP contribution in [0.3, 0.4) is 0 Å². The average Bonchev–Trinajstić information content (AvgIpc) is 3.33. The van der Waals surface area contributed by atoms with Crippen molar-refractivity contribution in [3.63, 3.8) is 0 Å². The highest BCUT2D eigenvalue weighted by molar-refractivity contribution is 5.89. The second-order valence-corrected chi connectivity index (χ2v) is 7.31. The van der Waals surface area contributed by atoms with E-state index in [0.29, 0.717) is 19.6 Å². The van der Waals surface area contributed by atoms with Crippen molar-refractivity contribution in [2.75, 3.05) is 18.4 Å². The van der Waals surface area contributed by atoms with Crippen LogP contribution in [-0.4, -0.2) is 33.6 Å². The molecule has 0 spiro atoms. The highest BCUT2D eigenvalue weighted by atomic mass is 19.1. The third-order valence-corrected chi connectivity index (χ3v) is 5.30. The van der Waals surface area contributed by atoms with Gasteiger partial charge in [0.05, 0.1) is 5.69 Å². The number of likely N-dealkylation sites (tertiary alicyclic amines) is 1. The maximum atomic E-state index is 13.8. The van der Waals surface area contributed by atoms with Crippen molar-refractivity contribution in [2.45, 2.75) is 25.8 Å². The number of nitrogens with one attached hydrogen (secondary N) is 1. The van der Waals surface area contributed by atoms with Crippen LogP contribution in [0, 0.1) is 18.6 Å². The van der Waals surface area contributed by atoms with Gasteiger partial charge in [0.15, 0.2) is 0 Å². The fraction of sp³-hybridized carbons (Fsp3) is 0.273. The second kappa shape index (κ2) is 8.03. The van der Waals surface area contributed by atoms with Crippen LogP contribution in [0.25, 0.3) is 0 Å². The first kappa shape index (κ1) is 19.1. The van der Waals surface area contributed by atoms with Crippen LogP contribution >= 0.6 is 0 Å². The van der Waals surface area contributed by atoms with Crippen molar-refractivity contribution in [3.8, 4) is 0 Å². The molecule has 5 nitrogen and oxygen atoms in total. The van der Waals surface area contributed by atoms with Crippen LogP contribution in [0.15, 0.2) is 54.7 Å². The summed E-state index contributed by atoms with van der Waals surface area (Å²) in [5, 5.41) is 2.64. The summed E-state index contributed by atoms with van der Waals surface area (Å²) in [6, 6.07) is 12.2. The molecule has 1 saturated heterocycles. The zero-order valence-corrected chi connectivity index (χ0v) is 16.1. The lowest BCUT2D eigenvalue weighted by Crippen LogP contribution is -2.33.